The van der Waals surface area contributed by atoms with Crippen LogP contribution in [0.15, 0.2) is 30.3 Å². The fraction of sp³-hybridized carbons (Fsp3) is 0.391. The van der Waals surface area contributed by atoms with Crippen molar-refractivity contribution in [3.05, 3.63) is 57.6 Å². The topological polar surface area (TPSA) is 70.7 Å². The molecule has 0 spiro atoms. The van der Waals surface area contributed by atoms with Gasteiger partial charge in [0, 0.05) is 17.3 Å². The number of carbonyl (C=O) groups excluding carboxylic acids is 2. The number of anilines is 1. The maximum atomic E-state index is 12.4. The first-order valence-electron chi connectivity index (χ1n) is 10.2. The van der Waals surface area contributed by atoms with Crippen molar-refractivity contribution in [3.63, 3.8) is 0 Å². The van der Waals surface area contributed by atoms with Crippen molar-refractivity contribution >= 4 is 29.1 Å². The van der Waals surface area contributed by atoms with Crippen LogP contribution in [0.1, 0.15) is 22.3 Å². The molecule has 0 aliphatic rings. The van der Waals surface area contributed by atoms with E-state index in [1.54, 1.807) is 63.1 Å². The largest absolute Gasteiger partial charge is 0.484 e. The fourth-order valence-corrected chi connectivity index (χ4v) is 3.47. The fourth-order valence-electron chi connectivity index (χ4n) is 3.30. The zero-order valence-electron chi connectivity index (χ0n) is 18.9. The van der Waals surface area contributed by atoms with Gasteiger partial charge in [0.2, 0.25) is 11.8 Å². The minimum atomic E-state index is -4.41. The van der Waals surface area contributed by atoms with E-state index in [4.69, 9.17) is 16.3 Å². The number of alkyl halides is 3. The number of benzene rings is 2. The molecule has 6 nitrogen and oxygen atoms in total. The summed E-state index contributed by atoms with van der Waals surface area (Å²) in [6.07, 6.45) is -4.41. The molecule has 0 heterocycles. The number of nitrogens with one attached hydrogen (secondary N) is 2. The van der Waals surface area contributed by atoms with E-state index in [0.717, 1.165) is 11.1 Å². The lowest BCUT2D eigenvalue weighted by Gasteiger charge is -2.19. The molecule has 180 valence electrons. The molecule has 0 unspecified atom stereocenters. The van der Waals surface area contributed by atoms with Crippen molar-refractivity contribution in [3.8, 4) is 5.75 Å². The molecule has 0 aliphatic carbocycles. The van der Waals surface area contributed by atoms with Gasteiger partial charge in [0.15, 0.2) is 6.61 Å². The second-order valence-electron chi connectivity index (χ2n) is 7.87. The van der Waals surface area contributed by atoms with Gasteiger partial charge >= 0.3 is 6.18 Å². The Bertz CT molecular complexity index is 989. The van der Waals surface area contributed by atoms with Crippen molar-refractivity contribution in [1.29, 1.82) is 0 Å². The summed E-state index contributed by atoms with van der Waals surface area (Å²) in [4.78, 5) is 26.1. The average Bonchev–Trinajstić information content (AvgIpc) is 2.68. The normalized spacial score (nSPS) is 11.4. The molecule has 33 heavy (non-hydrogen) atoms. The maximum Gasteiger partial charge on any atom is 0.422 e. The third kappa shape index (κ3) is 8.58. The number of ether oxygens (including phenoxy) is 1. The Hall–Kier alpha value is -2.78. The van der Waals surface area contributed by atoms with Gasteiger partial charge in [-0.25, -0.2) is 0 Å². The number of amides is 2. The van der Waals surface area contributed by atoms with Gasteiger partial charge < -0.3 is 15.4 Å². The second-order valence-corrected chi connectivity index (χ2v) is 8.28. The Morgan fingerprint density at radius 2 is 1.73 bits per heavy atom. The van der Waals surface area contributed by atoms with E-state index in [1.807, 2.05) is 0 Å². The number of hydrogen-bond donors (Lipinski definition) is 2. The first-order valence-corrected chi connectivity index (χ1v) is 10.5. The Balaban J connectivity index is 1.85. The molecule has 0 saturated carbocycles. The zero-order chi connectivity index (χ0) is 24.8. The SMILES string of the molecule is Cc1cc(CN(C)CC(=O)NCC(=O)Nc2cccc(Cl)c2C)cc(C)c1OCC(F)(F)F. The summed E-state index contributed by atoms with van der Waals surface area (Å²) < 4.78 is 42.2. The summed E-state index contributed by atoms with van der Waals surface area (Å²) >= 11 is 6.03. The Labute approximate surface area is 196 Å². The molecule has 2 amide bonds. The predicted octanol–water partition coefficient (Wildman–Crippen LogP) is 4.39. The van der Waals surface area contributed by atoms with Crippen LogP contribution in [-0.4, -0.2) is 49.6 Å². The van der Waals surface area contributed by atoms with Gasteiger partial charge in [-0.1, -0.05) is 29.8 Å². The lowest BCUT2D eigenvalue weighted by Crippen LogP contribution is -2.39. The van der Waals surface area contributed by atoms with Crippen LogP contribution in [0.25, 0.3) is 0 Å². The monoisotopic (exact) mass is 485 g/mol. The number of rotatable bonds is 9. The smallest absolute Gasteiger partial charge is 0.422 e. The van der Waals surface area contributed by atoms with Crippen molar-refractivity contribution in [2.45, 2.75) is 33.5 Å². The molecular formula is C23H27ClF3N3O3. The number of aryl methyl sites for hydroxylation is 2. The van der Waals surface area contributed by atoms with Gasteiger partial charge in [-0.15, -0.1) is 0 Å². The molecule has 0 aliphatic heterocycles. The van der Waals surface area contributed by atoms with E-state index in [0.29, 0.717) is 28.4 Å². The van der Waals surface area contributed by atoms with E-state index < -0.39 is 12.8 Å². The van der Waals surface area contributed by atoms with E-state index in [1.165, 1.54) is 0 Å². The lowest BCUT2D eigenvalue weighted by atomic mass is 10.1. The van der Waals surface area contributed by atoms with Crippen LogP contribution < -0.4 is 15.4 Å². The number of likely N-dealkylation sites (N-methyl/N-ethyl adjacent to an activating group) is 1. The average molecular weight is 486 g/mol. The van der Waals surface area contributed by atoms with Crippen LogP contribution in [-0.2, 0) is 16.1 Å². The highest BCUT2D eigenvalue weighted by Crippen LogP contribution is 2.27. The van der Waals surface area contributed by atoms with Crippen LogP contribution in [0.4, 0.5) is 18.9 Å². The van der Waals surface area contributed by atoms with E-state index in [2.05, 4.69) is 10.6 Å². The number of nitrogens with zero attached hydrogens (tertiary/aromatic N) is 1. The second kappa shape index (κ2) is 11.4. The Morgan fingerprint density at radius 3 is 2.33 bits per heavy atom. The predicted molar refractivity (Wildman–Crippen MR) is 122 cm³/mol. The molecule has 0 radical (unpaired) electrons. The van der Waals surface area contributed by atoms with Crippen LogP contribution in [0, 0.1) is 20.8 Å². The Kier molecular flexibility index (Phi) is 9.13. The molecule has 0 fully saturated rings. The molecular weight excluding hydrogens is 459 g/mol. The molecule has 2 aromatic carbocycles. The van der Waals surface area contributed by atoms with Gasteiger partial charge in [-0.3, -0.25) is 14.5 Å². The summed E-state index contributed by atoms with van der Waals surface area (Å²) in [5.74, 6) is -0.511. The third-order valence-corrected chi connectivity index (χ3v) is 5.16. The first kappa shape index (κ1) is 26.5. The van der Waals surface area contributed by atoms with Crippen molar-refractivity contribution in [1.82, 2.24) is 10.2 Å². The van der Waals surface area contributed by atoms with Gasteiger partial charge in [0.1, 0.15) is 5.75 Å². The van der Waals surface area contributed by atoms with Crippen LogP contribution in [0.3, 0.4) is 0 Å². The summed E-state index contributed by atoms with van der Waals surface area (Å²) in [6, 6.07) is 8.62. The van der Waals surface area contributed by atoms with Gasteiger partial charge in [0.05, 0.1) is 13.1 Å². The minimum Gasteiger partial charge on any atom is -0.484 e. The molecule has 0 atom stereocenters. The molecule has 2 N–H and O–H groups in total. The molecule has 0 aromatic heterocycles. The first-order chi connectivity index (χ1) is 15.4. The van der Waals surface area contributed by atoms with E-state index >= 15 is 0 Å². The highest BCUT2D eigenvalue weighted by atomic mass is 35.5. The number of hydrogen-bond acceptors (Lipinski definition) is 4. The molecule has 2 aromatic rings. The van der Waals surface area contributed by atoms with Crippen LogP contribution in [0.2, 0.25) is 5.02 Å². The minimum absolute atomic E-state index is 0.0356. The van der Waals surface area contributed by atoms with Crippen molar-refractivity contribution in [2.24, 2.45) is 0 Å². The van der Waals surface area contributed by atoms with E-state index in [-0.39, 0.29) is 30.7 Å². The third-order valence-electron chi connectivity index (χ3n) is 4.75. The molecule has 0 bridgehead atoms. The summed E-state index contributed by atoms with van der Waals surface area (Å²) in [5, 5.41) is 5.80. The quantitative estimate of drug-likeness (QED) is 0.552. The van der Waals surface area contributed by atoms with E-state index in [9.17, 15) is 22.8 Å². The Morgan fingerprint density at radius 1 is 1.09 bits per heavy atom. The van der Waals surface area contributed by atoms with Gasteiger partial charge in [-0.05, 0) is 62.2 Å². The summed E-state index contributed by atoms with van der Waals surface area (Å²) in [5.41, 5.74) is 3.31. The van der Waals surface area contributed by atoms with Crippen LogP contribution in [0.5, 0.6) is 5.75 Å². The van der Waals surface area contributed by atoms with Crippen molar-refractivity contribution < 1.29 is 27.5 Å². The van der Waals surface area contributed by atoms with Gasteiger partial charge in [-0.2, -0.15) is 13.2 Å². The molecule has 10 heteroatoms. The lowest BCUT2D eigenvalue weighted by molar-refractivity contribution is -0.153. The molecule has 2 rings (SSSR count). The zero-order valence-corrected chi connectivity index (χ0v) is 19.7. The highest BCUT2D eigenvalue weighted by Gasteiger charge is 2.29. The van der Waals surface area contributed by atoms with Gasteiger partial charge in [0.25, 0.3) is 0 Å². The molecule has 0 saturated heterocycles. The number of halogens is 4. The summed E-state index contributed by atoms with van der Waals surface area (Å²) in [7, 11) is 1.73. The van der Waals surface area contributed by atoms with Crippen LogP contribution >= 0.6 is 11.6 Å². The number of carbonyl (C=O) groups is 2. The maximum absolute atomic E-state index is 12.4. The summed E-state index contributed by atoms with van der Waals surface area (Å²) in [6.45, 7) is 4.02. The van der Waals surface area contributed by atoms with Crippen molar-refractivity contribution in [2.75, 3.05) is 32.1 Å². The highest BCUT2D eigenvalue weighted by molar-refractivity contribution is 6.31. The standard InChI is InChI=1S/C23H27ClF3N3O3/c1-14-8-17(9-15(2)22(14)33-13-23(25,26)27)11-30(4)12-21(32)28-10-20(31)29-19-7-5-6-18(24)16(19)3/h5-9H,10-13H2,1-4H3,(H,28,32)(H,29,31).